The maximum Gasteiger partial charge on any atom is 0.125 e. The van der Waals surface area contributed by atoms with E-state index in [2.05, 4.69) is 24.3 Å². The summed E-state index contributed by atoms with van der Waals surface area (Å²) < 4.78 is 11.5. The molecule has 0 saturated heterocycles. The van der Waals surface area contributed by atoms with E-state index in [0.717, 1.165) is 44.9 Å². The van der Waals surface area contributed by atoms with E-state index in [4.69, 9.17) is 9.47 Å². The van der Waals surface area contributed by atoms with Crippen LogP contribution in [0.2, 0.25) is 0 Å². The summed E-state index contributed by atoms with van der Waals surface area (Å²) >= 11 is 0. The van der Waals surface area contributed by atoms with Gasteiger partial charge in [-0.2, -0.15) is 0 Å². The fraction of sp³-hybridized carbons (Fsp3) is 0.455. The largest absolute Gasteiger partial charge is 0.490 e. The monoisotopic (exact) mass is 358 g/mol. The number of hydrogen-bond acceptors (Lipinski definition) is 4. The second kappa shape index (κ2) is 8.56. The average Bonchev–Trinajstić information content (AvgIpc) is 2.52. The maximum atomic E-state index is 9.44. The van der Waals surface area contributed by atoms with E-state index >= 15 is 0 Å². The molecule has 2 atom stereocenters. The Morgan fingerprint density at radius 1 is 0.654 bits per heavy atom. The number of benzene rings is 2. The summed E-state index contributed by atoms with van der Waals surface area (Å²) in [7, 11) is 0. The van der Waals surface area contributed by atoms with Crippen LogP contribution in [0.4, 0.5) is 0 Å². The first-order valence-electron chi connectivity index (χ1n) is 9.03. The van der Waals surface area contributed by atoms with Crippen LogP contribution in [0.5, 0.6) is 11.5 Å². The minimum Gasteiger partial charge on any atom is -0.490 e. The second-order valence-electron chi connectivity index (χ2n) is 7.20. The van der Waals surface area contributed by atoms with Crippen LogP contribution in [0, 0.1) is 27.7 Å². The lowest BCUT2D eigenvalue weighted by Gasteiger charge is -2.17. The zero-order valence-electron chi connectivity index (χ0n) is 16.6. The van der Waals surface area contributed by atoms with Gasteiger partial charge in [-0.3, -0.25) is 0 Å². The highest BCUT2D eigenvalue weighted by Gasteiger charge is 2.12. The third-order valence-electron chi connectivity index (χ3n) is 4.19. The Balaban J connectivity index is 2.34. The molecule has 0 radical (unpaired) electrons. The van der Waals surface area contributed by atoms with Gasteiger partial charge in [-0.25, -0.2) is 0 Å². The molecule has 0 spiro atoms. The Labute approximate surface area is 156 Å². The zero-order chi connectivity index (χ0) is 19.4. The van der Waals surface area contributed by atoms with E-state index in [1.807, 2.05) is 27.7 Å². The van der Waals surface area contributed by atoms with Crippen molar-refractivity contribution < 1.29 is 19.7 Å². The zero-order valence-corrected chi connectivity index (χ0v) is 16.6. The van der Waals surface area contributed by atoms with Crippen molar-refractivity contribution in [2.24, 2.45) is 0 Å². The number of aliphatic hydroxyl groups excluding tert-OH is 2. The summed E-state index contributed by atoms with van der Waals surface area (Å²) in [5, 5.41) is 18.9. The van der Waals surface area contributed by atoms with Crippen molar-refractivity contribution in [3.63, 3.8) is 0 Å². The molecule has 0 aromatic heterocycles. The molecule has 0 aliphatic heterocycles. The lowest BCUT2D eigenvalue weighted by molar-refractivity contribution is 0.122. The second-order valence-corrected chi connectivity index (χ2v) is 7.20. The molecule has 4 nitrogen and oxygen atoms in total. The van der Waals surface area contributed by atoms with E-state index in [1.165, 1.54) is 0 Å². The van der Waals surface area contributed by atoms with Gasteiger partial charge in [-0.1, -0.05) is 0 Å². The summed E-state index contributed by atoms with van der Waals surface area (Å²) in [6.45, 7) is 12.1. The number of rotatable bonds is 7. The standard InChI is InChI=1S/C22H30O4/c1-13-7-19(8-14(2)21(13)25-11-17(5)23)20-9-15(3)22(16(4)10-20)26-12-18(6)24/h7-10,17-18,23-24H,11-12H2,1-6H3. The summed E-state index contributed by atoms with van der Waals surface area (Å²) in [6.07, 6.45) is -0.985. The molecule has 4 heteroatoms. The molecule has 0 aliphatic carbocycles. The van der Waals surface area contributed by atoms with Crippen molar-refractivity contribution in [1.82, 2.24) is 0 Å². The van der Waals surface area contributed by atoms with Gasteiger partial charge < -0.3 is 19.7 Å². The SMILES string of the molecule is Cc1cc(-c2cc(C)c(OCC(C)O)c(C)c2)cc(C)c1OCC(C)O. The van der Waals surface area contributed by atoms with E-state index in [-0.39, 0.29) is 13.2 Å². The topological polar surface area (TPSA) is 58.9 Å². The first-order valence-corrected chi connectivity index (χ1v) is 9.03. The van der Waals surface area contributed by atoms with E-state index in [0.29, 0.717) is 0 Å². The number of hydrogen-bond donors (Lipinski definition) is 2. The van der Waals surface area contributed by atoms with Gasteiger partial charge in [0.2, 0.25) is 0 Å². The Hall–Kier alpha value is -2.04. The van der Waals surface area contributed by atoms with Gasteiger partial charge in [-0.05, 0) is 99.2 Å². The van der Waals surface area contributed by atoms with Gasteiger partial charge in [0.15, 0.2) is 0 Å². The maximum absolute atomic E-state index is 9.44. The molecule has 2 aromatic carbocycles. The van der Waals surface area contributed by atoms with Gasteiger partial charge in [0.1, 0.15) is 24.7 Å². The first-order chi connectivity index (χ1) is 12.2. The van der Waals surface area contributed by atoms with Crippen LogP contribution in [0.25, 0.3) is 11.1 Å². The van der Waals surface area contributed by atoms with Crippen LogP contribution in [0.1, 0.15) is 36.1 Å². The minimum atomic E-state index is -0.493. The number of aryl methyl sites for hydroxylation is 4. The minimum absolute atomic E-state index is 0.286. The molecule has 142 valence electrons. The van der Waals surface area contributed by atoms with Gasteiger partial charge in [-0.15, -0.1) is 0 Å². The fourth-order valence-electron chi connectivity index (χ4n) is 3.10. The van der Waals surface area contributed by atoms with Crippen LogP contribution in [-0.4, -0.2) is 35.6 Å². The lowest BCUT2D eigenvalue weighted by Crippen LogP contribution is -2.14. The molecular formula is C22H30O4. The predicted octanol–water partition coefficient (Wildman–Crippen LogP) is 4.11. The molecule has 0 amide bonds. The highest BCUT2D eigenvalue weighted by atomic mass is 16.5. The quantitative estimate of drug-likeness (QED) is 0.782. The predicted molar refractivity (Wildman–Crippen MR) is 105 cm³/mol. The van der Waals surface area contributed by atoms with Crippen LogP contribution >= 0.6 is 0 Å². The van der Waals surface area contributed by atoms with Gasteiger partial charge in [0.05, 0.1) is 12.2 Å². The smallest absolute Gasteiger partial charge is 0.125 e. The Kier molecular flexibility index (Phi) is 6.68. The Bertz CT molecular complexity index is 651. The molecule has 2 N–H and O–H groups in total. The van der Waals surface area contributed by atoms with Crippen molar-refractivity contribution >= 4 is 0 Å². The third kappa shape index (κ3) is 4.99. The summed E-state index contributed by atoms with van der Waals surface area (Å²) in [4.78, 5) is 0. The van der Waals surface area contributed by atoms with Gasteiger partial charge in [0, 0.05) is 0 Å². The van der Waals surface area contributed by atoms with Crippen molar-refractivity contribution in [3.05, 3.63) is 46.5 Å². The van der Waals surface area contributed by atoms with Crippen LogP contribution < -0.4 is 9.47 Å². The van der Waals surface area contributed by atoms with Gasteiger partial charge in [0.25, 0.3) is 0 Å². The first kappa shape index (κ1) is 20.3. The fourth-order valence-corrected chi connectivity index (χ4v) is 3.10. The van der Waals surface area contributed by atoms with Crippen LogP contribution in [0.3, 0.4) is 0 Å². The van der Waals surface area contributed by atoms with E-state index in [9.17, 15) is 10.2 Å². The molecule has 0 fully saturated rings. The van der Waals surface area contributed by atoms with E-state index < -0.39 is 12.2 Å². The van der Waals surface area contributed by atoms with Gasteiger partial charge >= 0.3 is 0 Å². The summed E-state index contributed by atoms with van der Waals surface area (Å²) in [5.74, 6) is 1.67. The Morgan fingerprint density at radius 3 is 1.15 bits per heavy atom. The molecular weight excluding hydrogens is 328 g/mol. The highest BCUT2D eigenvalue weighted by molar-refractivity contribution is 5.70. The number of aliphatic hydroxyl groups is 2. The van der Waals surface area contributed by atoms with Crippen molar-refractivity contribution in [1.29, 1.82) is 0 Å². The average molecular weight is 358 g/mol. The third-order valence-corrected chi connectivity index (χ3v) is 4.19. The summed E-state index contributed by atoms with van der Waals surface area (Å²) in [6, 6.07) is 8.42. The molecule has 0 heterocycles. The number of ether oxygens (including phenoxy) is 2. The molecule has 2 aromatic rings. The molecule has 2 unspecified atom stereocenters. The van der Waals surface area contributed by atoms with Crippen LogP contribution in [0.15, 0.2) is 24.3 Å². The summed E-state index contributed by atoms with van der Waals surface area (Å²) in [5.41, 5.74) is 6.43. The highest BCUT2D eigenvalue weighted by Crippen LogP contribution is 2.34. The van der Waals surface area contributed by atoms with Crippen molar-refractivity contribution in [3.8, 4) is 22.6 Å². The molecule has 0 saturated carbocycles. The van der Waals surface area contributed by atoms with E-state index in [1.54, 1.807) is 13.8 Å². The molecule has 2 rings (SSSR count). The Morgan fingerprint density at radius 2 is 0.923 bits per heavy atom. The normalized spacial score (nSPS) is 13.4. The van der Waals surface area contributed by atoms with Crippen LogP contribution in [-0.2, 0) is 0 Å². The lowest BCUT2D eigenvalue weighted by atomic mass is 9.96. The molecule has 0 bridgehead atoms. The van der Waals surface area contributed by atoms with Crippen molar-refractivity contribution in [2.45, 2.75) is 53.8 Å². The molecule has 26 heavy (non-hydrogen) atoms. The van der Waals surface area contributed by atoms with Crippen molar-refractivity contribution in [2.75, 3.05) is 13.2 Å². The molecule has 0 aliphatic rings.